The smallest absolute Gasteiger partial charge is 0.0628 e. The number of aliphatic hydroxyl groups excluding tert-OH is 1. The van der Waals surface area contributed by atoms with Gasteiger partial charge in [0.2, 0.25) is 0 Å². The molecule has 0 bridgehead atoms. The van der Waals surface area contributed by atoms with Crippen LogP contribution in [0.5, 0.6) is 0 Å². The lowest BCUT2D eigenvalue weighted by Gasteiger charge is -2.04. The highest BCUT2D eigenvalue weighted by Crippen LogP contribution is 2.03. The number of thiol groups is 1. The Morgan fingerprint density at radius 1 is 1.44 bits per heavy atom. The van der Waals surface area contributed by atoms with Crippen molar-refractivity contribution in [2.45, 2.75) is 38.7 Å². The number of aliphatic hydroxyl groups is 1. The Morgan fingerprint density at radius 3 is 2.56 bits per heavy atom. The van der Waals surface area contributed by atoms with Gasteiger partial charge in [0.05, 0.1) is 6.10 Å². The molecule has 0 saturated heterocycles. The minimum absolute atomic E-state index is 0.181. The summed E-state index contributed by atoms with van der Waals surface area (Å²) >= 11 is 3.97. The van der Waals surface area contributed by atoms with Gasteiger partial charge in [0.1, 0.15) is 0 Å². The van der Waals surface area contributed by atoms with E-state index in [0.717, 1.165) is 12.8 Å². The van der Waals surface area contributed by atoms with Crippen LogP contribution in [-0.2, 0) is 0 Å². The van der Waals surface area contributed by atoms with Gasteiger partial charge in [0.15, 0.2) is 0 Å². The summed E-state index contributed by atoms with van der Waals surface area (Å²) in [4.78, 5) is 0. The zero-order chi connectivity index (χ0) is 7.11. The summed E-state index contributed by atoms with van der Waals surface area (Å²) in [5.41, 5.74) is 0. The normalized spacial score (nSPS) is 13.7. The van der Waals surface area contributed by atoms with E-state index in [2.05, 4.69) is 19.6 Å². The number of rotatable bonds is 5. The van der Waals surface area contributed by atoms with Crippen LogP contribution in [0.2, 0.25) is 0 Å². The molecule has 1 N–H and O–H groups in total. The molecule has 0 heterocycles. The zero-order valence-corrected chi connectivity index (χ0v) is 6.90. The molecule has 1 unspecified atom stereocenters. The maximum atomic E-state index is 9.01. The zero-order valence-electron chi connectivity index (χ0n) is 6.01. The highest BCUT2D eigenvalue weighted by molar-refractivity contribution is 7.80. The Balaban J connectivity index is 2.88. The van der Waals surface area contributed by atoms with E-state index in [9.17, 15) is 0 Å². The standard InChI is InChI=1S/C7H16OS/c1-2-3-4-5-7(8)6-9/h7-9H,2-6H2,1H3. The monoisotopic (exact) mass is 148 g/mol. The van der Waals surface area contributed by atoms with Crippen LogP contribution in [0.25, 0.3) is 0 Å². The Kier molecular flexibility index (Phi) is 6.65. The maximum Gasteiger partial charge on any atom is 0.0628 e. The molecular formula is C7H16OS. The first-order valence-corrected chi connectivity index (χ1v) is 4.23. The number of hydrogen-bond donors (Lipinski definition) is 2. The quantitative estimate of drug-likeness (QED) is 0.450. The molecule has 0 aromatic heterocycles. The molecule has 2 heteroatoms. The first kappa shape index (κ1) is 9.31. The van der Waals surface area contributed by atoms with Crippen molar-refractivity contribution in [3.8, 4) is 0 Å². The molecule has 0 spiro atoms. The maximum absolute atomic E-state index is 9.01. The molecule has 0 aliphatic rings. The molecule has 0 aliphatic carbocycles. The van der Waals surface area contributed by atoms with Crippen molar-refractivity contribution in [2.24, 2.45) is 0 Å². The Morgan fingerprint density at radius 2 is 2.11 bits per heavy atom. The third-order valence-electron chi connectivity index (χ3n) is 1.35. The molecule has 1 nitrogen and oxygen atoms in total. The van der Waals surface area contributed by atoms with Crippen LogP contribution in [0.15, 0.2) is 0 Å². The molecule has 0 aromatic carbocycles. The van der Waals surface area contributed by atoms with Gasteiger partial charge in [-0.3, -0.25) is 0 Å². The molecule has 9 heavy (non-hydrogen) atoms. The minimum atomic E-state index is -0.181. The largest absolute Gasteiger partial charge is 0.392 e. The fourth-order valence-electron chi connectivity index (χ4n) is 0.721. The molecule has 0 fully saturated rings. The Hall–Kier alpha value is 0.310. The fourth-order valence-corrected chi connectivity index (χ4v) is 0.904. The summed E-state index contributed by atoms with van der Waals surface area (Å²) in [7, 11) is 0. The van der Waals surface area contributed by atoms with Crippen LogP contribution < -0.4 is 0 Å². The molecule has 0 saturated carbocycles. The summed E-state index contributed by atoms with van der Waals surface area (Å²) in [6, 6.07) is 0. The summed E-state index contributed by atoms with van der Waals surface area (Å²) < 4.78 is 0. The van der Waals surface area contributed by atoms with Crippen LogP contribution in [0.3, 0.4) is 0 Å². The molecule has 0 amide bonds. The van der Waals surface area contributed by atoms with Gasteiger partial charge in [0, 0.05) is 5.75 Å². The Bertz CT molecular complexity index is 56.9. The average molecular weight is 148 g/mol. The SMILES string of the molecule is CCCCCC(O)CS. The minimum Gasteiger partial charge on any atom is -0.392 e. The topological polar surface area (TPSA) is 20.2 Å². The molecule has 1 atom stereocenters. The van der Waals surface area contributed by atoms with Gasteiger partial charge in [-0.1, -0.05) is 26.2 Å². The molecule has 0 aliphatic heterocycles. The second kappa shape index (κ2) is 6.43. The highest BCUT2D eigenvalue weighted by Gasteiger charge is 1.98. The lowest BCUT2D eigenvalue weighted by atomic mass is 10.1. The van der Waals surface area contributed by atoms with Crippen LogP contribution in [0, 0.1) is 0 Å². The second-order valence-corrected chi connectivity index (χ2v) is 2.70. The van der Waals surface area contributed by atoms with E-state index in [1.54, 1.807) is 0 Å². The molecule has 0 rings (SSSR count). The predicted octanol–water partition coefficient (Wildman–Crippen LogP) is 1.86. The van der Waals surface area contributed by atoms with E-state index >= 15 is 0 Å². The van der Waals surface area contributed by atoms with Crippen molar-refractivity contribution in [1.82, 2.24) is 0 Å². The lowest BCUT2D eigenvalue weighted by molar-refractivity contribution is 0.185. The third-order valence-corrected chi connectivity index (χ3v) is 1.77. The summed E-state index contributed by atoms with van der Waals surface area (Å²) in [6.45, 7) is 2.16. The summed E-state index contributed by atoms with van der Waals surface area (Å²) in [5, 5.41) is 9.01. The first-order chi connectivity index (χ1) is 4.31. The summed E-state index contributed by atoms with van der Waals surface area (Å²) in [5.74, 6) is 0.601. The van der Waals surface area contributed by atoms with Gasteiger partial charge in [-0.15, -0.1) is 0 Å². The second-order valence-electron chi connectivity index (χ2n) is 2.33. The van der Waals surface area contributed by atoms with Gasteiger partial charge in [0.25, 0.3) is 0 Å². The van der Waals surface area contributed by atoms with Gasteiger partial charge in [-0.2, -0.15) is 12.6 Å². The van der Waals surface area contributed by atoms with Gasteiger partial charge >= 0.3 is 0 Å². The van der Waals surface area contributed by atoms with Crippen molar-refractivity contribution < 1.29 is 5.11 Å². The van der Waals surface area contributed by atoms with Crippen molar-refractivity contribution in [3.05, 3.63) is 0 Å². The number of unbranched alkanes of at least 4 members (excludes halogenated alkanes) is 2. The molecule has 0 radical (unpaired) electrons. The average Bonchev–Trinajstić information content (AvgIpc) is 1.89. The van der Waals surface area contributed by atoms with Crippen LogP contribution in [0.4, 0.5) is 0 Å². The lowest BCUT2D eigenvalue weighted by Crippen LogP contribution is -2.07. The van der Waals surface area contributed by atoms with Gasteiger partial charge in [-0.25, -0.2) is 0 Å². The van der Waals surface area contributed by atoms with E-state index in [1.165, 1.54) is 12.8 Å². The fraction of sp³-hybridized carbons (Fsp3) is 1.00. The van der Waals surface area contributed by atoms with E-state index in [4.69, 9.17) is 5.11 Å². The van der Waals surface area contributed by atoms with Crippen LogP contribution in [-0.4, -0.2) is 17.0 Å². The van der Waals surface area contributed by atoms with Gasteiger partial charge < -0.3 is 5.11 Å². The van der Waals surface area contributed by atoms with Crippen molar-refractivity contribution in [3.63, 3.8) is 0 Å². The highest BCUT2D eigenvalue weighted by atomic mass is 32.1. The molecular weight excluding hydrogens is 132 g/mol. The van der Waals surface area contributed by atoms with E-state index in [-0.39, 0.29) is 6.10 Å². The van der Waals surface area contributed by atoms with E-state index in [0.29, 0.717) is 5.75 Å². The summed E-state index contributed by atoms with van der Waals surface area (Å²) in [6.07, 6.45) is 4.32. The predicted molar refractivity (Wildman–Crippen MR) is 44.0 cm³/mol. The van der Waals surface area contributed by atoms with Crippen molar-refractivity contribution in [1.29, 1.82) is 0 Å². The van der Waals surface area contributed by atoms with Gasteiger partial charge in [-0.05, 0) is 6.42 Å². The molecule has 56 valence electrons. The van der Waals surface area contributed by atoms with Crippen LogP contribution >= 0.6 is 12.6 Å². The number of hydrogen-bond acceptors (Lipinski definition) is 2. The van der Waals surface area contributed by atoms with Crippen molar-refractivity contribution >= 4 is 12.6 Å². The Labute approximate surface area is 62.9 Å². The first-order valence-electron chi connectivity index (χ1n) is 3.60. The van der Waals surface area contributed by atoms with E-state index in [1.807, 2.05) is 0 Å². The van der Waals surface area contributed by atoms with E-state index < -0.39 is 0 Å². The molecule has 0 aromatic rings. The van der Waals surface area contributed by atoms with Crippen LogP contribution in [0.1, 0.15) is 32.6 Å². The third kappa shape index (κ3) is 6.19. The van der Waals surface area contributed by atoms with Crippen molar-refractivity contribution in [2.75, 3.05) is 5.75 Å².